The van der Waals surface area contributed by atoms with E-state index < -0.39 is 0 Å². The highest BCUT2D eigenvalue weighted by Gasteiger charge is 2.38. The highest BCUT2D eigenvalue weighted by atomic mass is 16.1. The van der Waals surface area contributed by atoms with Gasteiger partial charge < -0.3 is 5.32 Å². The van der Waals surface area contributed by atoms with Crippen molar-refractivity contribution in [1.29, 1.82) is 0 Å². The van der Waals surface area contributed by atoms with Crippen molar-refractivity contribution in [3.63, 3.8) is 0 Å². The molecule has 2 unspecified atom stereocenters. The van der Waals surface area contributed by atoms with E-state index in [1.807, 2.05) is 0 Å². The van der Waals surface area contributed by atoms with Crippen LogP contribution >= 0.6 is 0 Å². The molecule has 0 bridgehead atoms. The number of aryl methyl sites for hydroxylation is 2. The van der Waals surface area contributed by atoms with Crippen LogP contribution in [0, 0.1) is 25.7 Å². The van der Waals surface area contributed by atoms with Gasteiger partial charge in [-0.25, -0.2) is 0 Å². The van der Waals surface area contributed by atoms with Crippen LogP contribution in [0.4, 0.5) is 0 Å². The number of carbonyl (C=O) groups is 1. The van der Waals surface area contributed by atoms with E-state index in [-0.39, 0.29) is 5.92 Å². The van der Waals surface area contributed by atoms with Gasteiger partial charge in [0, 0.05) is 12.3 Å². The van der Waals surface area contributed by atoms with Gasteiger partial charge in [0.2, 0.25) is 0 Å². The zero-order chi connectivity index (χ0) is 14.1. The lowest BCUT2D eigenvalue weighted by Gasteiger charge is -2.27. The van der Waals surface area contributed by atoms with Crippen molar-refractivity contribution >= 4 is 5.78 Å². The van der Waals surface area contributed by atoms with Gasteiger partial charge >= 0.3 is 0 Å². The third-order valence-electron chi connectivity index (χ3n) is 5.25. The molecule has 3 rings (SSSR count). The van der Waals surface area contributed by atoms with Crippen LogP contribution in [0.1, 0.15) is 48.3 Å². The average molecular weight is 271 g/mol. The van der Waals surface area contributed by atoms with Gasteiger partial charge in [-0.1, -0.05) is 23.8 Å². The predicted molar refractivity (Wildman–Crippen MR) is 82.0 cm³/mol. The summed E-state index contributed by atoms with van der Waals surface area (Å²) in [6.45, 7) is 6.51. The molecule has 108 valence electrons. The van der Waals surface area contributed by atoms with E-state index in [1.165, 1.54) is 29.5 Å². The van der Waals surface area contributed by atoms with Crippen molar-refractivity contribution in [2.45, 2.75) is 45.4 Å². The second kappa shape index (κ2) is 5.69. The summed E-state index contributed by atoms with van der Waals surface area (Å²) in [7, 11) is 0. The van der Waals surface area contributed by atoms with Crippen molar-refractivity contribution < 1.29 is 4.79 Å². The van der Waals surface area contributed by atoms with Gasteiger partial charge in [-0.3, -0.25) is 4.79 Å². The Bertz CT molecular complexity index is 502. The van der Waals surface area contributed by atoms with E-state index in [4.69, 9.17) is 0 Å². The molecule has 1 heterocycles. The molecule has 0 aromatic heterocycles. The summed E-state index contributed by atoms with van der Waals surface area (Å²) in [5.74, 6) is 2.02. The first-order chi connectivity index (χ1) is 9.65. The number of piperidine rings is 1. The molecular formula is C18H25NO. The number of benzene rings is 1. The van der Waals surface area contributed by atoms with Gasteiger partial charge in [0.1, 0.15) is 5.78 Å². The van der Waals surface area contributed by atoms with E-state index in [2.05, 4.69) is 37.4 Å². The fourth-order valence-corrected chi connectivity index (χ4v) is 4.03. The summed E-state index contributed by atoms with van der Waals surface area (Å²) >= 11 is 0. The minimum absolute atomic E-state index is 0.162. The quantitative estimate of drug-likeness (QED) is 0.893. The molecular weight excluding hydrogens is 246 g/mol. The summed E-state index contributed by atoms with van der Waals surface area (Å²) in [5, 5.41) is 3.42. The SMILES string of the molecule is Cc1ccc(C)c(C2CC(C3CCNCC3)CC2=O)c1. The van der Waals surface area contributed by atoms with Gasteiger partial charge in [0.05, 0.1) is 0 Å². The van der Waals surface area contributed by atoms with Crippen LogP contribution in [0.3, 0.4) is 0 Å². The monoisotopic (exact) mass is 271 g/mol. The van der Waals surface area contributed by atoms with Crippen LogP contribution in [-0.4, -0.2) is 18.9 Å². The predicted octanol–water partition coefficient (Wildman–Crippen LogP) is 3.37. The van der Waals surface area contributed by atoms with Crippen molar-refractivity contribution in [3.8, 4) is 0 Å². The normalized spacial score (nSPS) is 28.0. The zero-order valence-electron chi connectivity index (χ0n) is 12.6. The maximum Gasteiger partial charge on any atom is 0.140 e. The third-order valence-corrected chi connectivity index (χ3v) is 5.25. The summed E-state index contributed by atoms with van der Waals surface area (Å²) < 4.78 is 0. The van der Waals surface area contributed by atoms with Gasteiger partial charge in [-0.2, -0.15) is 0 Å². The number of rotatable bonds is 2. The fourth-order valence-electron chi connectivity index (χ4n) is 4.03. The van der Waals surface area contributed by atoms with Crippen molar-refractivity contribution in [2.75, 3.05) is 13.1 Å². The highest BCUT2D eigenvalue weighted by Crippen LogP contribution is 2.42. The molecule has 2 atom stereocenters. The molecule has 1 aliphatic carbocycles. The van der Waals surface area contributed by atoms with E-state index in [0.717, 1.165) is 31.8 Å². The number of nitrogens with one attached hydrogen (secondary N) is 1. The standard InChI is InChI=1S/C18H25NO/c1-12-3-4-13(2)16(9-12)17-10-15(11-18(17)20)14-5-7-19-8-6-14/h3-4,9,14-15,17,19H,5-8,10-11H2,1-2H3. The first-order valence-corrected chi connectivity index (χ1v) is 7.95. The Kier molecular flexibility index (Phi) is 3.93. The molecule has 2 fully saturated rings. The number of hydrogen-bond acceptors (Lipinski definition) is 2. The maximum absolute atomic E-state index is 12.5. The van der Waals surface area contributed by atoms with E-state index in [1.54, 1.807) is 0 Å². The van der Waals surface area contributed by atoms with Crippen LogP contribution < -0.4 is 5.32 Å². The molecule has 1 aromatic rings. The molecule has 1 aromatic carbocycles. The molecule has 1 saturated carbocycles. The number of ketones is 1. The smallest absolute Gasteiger partial charge is 0.140 e. The number of carbonyl (C=O) groups excluding carboxylic acids is 1. The molecule has 1 saturated heterocycles. The summed E-state index contributed by atoms with van der Waals surface area (Å²) in [6, 6.07) is 6.53. The largest absolute Gasteiger partial charge is 0.317 e. The van der Waals surface area contributed by atoms with Gasteiger partial charge in [-0.05, 0) is 69.2 Å². The number of hydrogen-bond donors (Lipinski definition) is 1. The zero-order valence-corrected chi connectivity index (χ0v) is 12.6. The van der Waals surface area contributed by atoms with Gasteiger partial charge in [-0.15, -0.1) is 0 Å². The molecule has 1 N–H and O–H groups in total. The molecule has 20 heavy (non-hydrogen) atoms. The Morgan fingerprint density at radius 3 is 2.60 bits per heavy atom. The van der Waals surface area contributed by atoms with E-state index in [9.17, 15) is 4.79 Å². The Hall–Kier alpha value is -1.15. The minimum Gasteiger partial charge on any atom is -0.317 e. The molecule has 2 nitrogen and oxygen atoms in total. The summed E-state index contributed by atoms with van der Waals surface area (Å²) in [5.41, 5.74) is 3.83. The lowest BCUT2D eigenvalue weighted by Crippen LogP contribution is -2.31. The topological polar surface area (TPSA) is 29.1 Å². The van der Waals surface area contributed by atoms with Crippen LogP contribution in [0.2, 0.25) is 0 Å². The van der Waals surface area contributed by atoms with Gasteiger partial charge in [0.25, 0.3) is 0 Å². The highest BCUT2D eigenvalue weighted by molar-refractivity contribution is 5.88. The molecule has 0 amide bonds. The molecule has 2 heteroatoms. The Morgan fingerprint density at radius 1 is 1.10 bits per heavy atom. The number of Topliss-reactive ketones (excluding diaryl/α,β-unsaturated/α-hetero) is 1. The lowest BCUT2D eigenvalue weighted by molar-refractivity contribution is -0.118. The van der Waals surface area contributed by atoms with E-state index in [0.29, 0.717) is 11.7 Å². The molecule has 0 spiro atoms. The van der Waals surface area contributed by atoms with Crippen LogP contribution in [0.15, 0.2) is 18.2 Å². The van der Waals surface area contributed by atoms with Crippen LogP contribution in [-0.2, 0) is 4.79 Å². The van der Waals surface area contributed by atoms with Crippen molar-refractivity contribution in [3.05, 3.63) is 34.9 Å². The van der Waals surface area contributed by atoms with Crippen molar-refractivity contribution in [1.82, 2.24) is 5.32 Å². The minimum atomic E-state index is 0.162. The molecule has 0 radical (unpaired) electrons. The lowest BCUT2D eigenvalue weighted by atomic mass is 9.82. The Morgan fingerprint density at radius 2 is 1.85 bits per heavy atom. The first kappa shape index (κ1) is 13.8. The maximum atomic E-state index is 12.5. The van der Waals surface area contributed by atoms with Crippen LogP contribution in [0.25, 0.3) is 0 Å². The Balaban J connectivity index is 1.78. The summed E-state index contributed by atoms with van der Waals surface area (Å²) in [4.78, 5) is 12.5. The third kappa shape index (κ3) is 2.67. The second-order valence-corrected chi connectivity index (χ2v) is 6.67. The fraction of sp³-hybridized carbons (Fsp3) is 0.611. The summed E-state index contributed by atoms with van der Waals surface area (Å²) in [6.07, 6.45) is 4.38. The first-order valence-electron chi connectivity index (χ1n) is 7.95. The Labute approximate surface area is 122 Å². The van der Waals surface area contributed by atoms with Crippen LogP contribution in [0.5, 0.6) is 0 Å². The second-order valence-electron chi connectivity index (χ2n) is 6.67. The van der Waals surface area contributed by atoms with Crippen molar-refractivity contribution in [2.24, 2.45) is 11.8 Å². The van der Waals surface area contributed by atoms with E-state index >= 15 is 0 Å². The molecule has 2 aliphatic rings. The molecule has 1 aliphatic heterocycles. The van der Waals surface area contributed by atoms with Gasteiger partial charge in [0.15, 0.2) is 0 Å². The average Bonchev–Trinajstić information content (AvgIpc) is 2.84.